The number of benzene rings is 2. The van der Waals surface area contributed by atoms with Crippen molar-refractivity contribution in [3.8, 4) is 0 Å². The van der Waals surface area contributed by atoms with Crippen LogP contribution < -0.4 is 47.9 Å². The van der Waals surface area contributed by atoms with Crippen LogP contribution in [0.4, 0.5) is 0 Å². The van der Waals surface area contributed by atoms with Gasteiger partial charge in [-0.05, 0) is 24.3 Å². The molecule has 11 nitrogen and oxygen atoms in total. The molecule has 160 valence electrons. The van der Waals surface area contributed by atoms with E-state index >= 15 is 0 Å². The predicted octanol–water partition coefficient (Wildman–Crippen LogP) is -8.38. The van der Waals surface area contributed by atoms with Gasteiger partial charge in [-0.2, -0.15) is 0 Å². The second kappa shape index (κ2) is 9.79. The Bertz CT molecular complexity index is 1210. The second-order valence-electron chi connectivity index (χ2n) is 6.99. The van der Waals surface area contributed by atoms with E-state index in [0.717, 1.165) is 12.1 Å². The summed E-state index contributed by atoms with van der Waals surface area (Å²) < 4.78 is 0. The molecule has 13 heteroatoms. The number of hydrogen-bond acceptors (Lipinski definition) is 9. The number of amides is 4. The zero-order chi connectivity index (χ0) is 23.3. The molecule has 2 aromatic rings. The van der Waals surface area contributed by atoms with Crippen molar-refractivity contribution in [2.75, 3.05) is 13.1 Å². The molecular formula is C21H10Li2N2O9. The minimum Gasteiger partial charge on any atom is -0.548 e. The Morgan fingerprint density at radius 2 is 0.912 bits per heavy atom. The summed E-state index contributed by atoms with van der Waals surface area (Å²) in [5, 5.41) is 21.6. The molecule has 0 unspecified atom stereocenters. The van der Waals surface area contributed by atoms with Crippen molar-refractivity contribution in [2.45, 2.75) is 0 Å². The van der Waals surface area contributed by atoms with E-state index in [1.54, 1.807) is 0 Å². The smallest absolute Gasteiger partial charge is 0.548 e. The maximum Gasteiger partial charge on any atom is 1.00 e. The topological polar surface area (TPSA) is 172 Å². The average Bonchev–Trinajstić information content (AvgIpc) is 3.12. The van der Waals surface area contributed by atoms with Crippen LogP contribution in [0.3, 0.4) is 0 Å². The standard InChI is InChI=1S/C21H12N2O9.2Li/c24-15(25)7-22-18(29)11-3-1-9(5-13(11)20(22)31)17(28)10-2-4-12-14(6-10)21(32)23(19(12)30)8-16(26)27;;/h1-6H,7-8H2,(H,24,25)(H,26,27);;/q;2*+1/p-2. The van der Waals surface area contributed by atoms with Crippen LogP contribution >= 0.6 is 0 Å². The number of carbonyl (C=O) groups is 7. The second-order valence-corrected chi connectivity index (χ2v) is 6.99. The third-order valence-electron chi connectivity index (χ3n) is 5.04. The third-order valence-corrected chi connectivity index (χ3v) is 5.04. The molecule has 0 aliphatic carbocycles. The van der Waals surface area contributed by atoms with Gasteiger partial charge < -0.3 is 19.8 Å². The Morgan fingerprint density at radius 3 is 1.24 bits per heavy atom. The maximum atomic E-state index is 12.9. The van der Waals surface area contributed by atoms with Crippen LogP contribution in [0.15, 0.2) is 36.4 Å². The van der Waals surface area contributed by atoms with Gasteiger partial charge in [-0.15, -0.1) is 0 Å². The van der Waals surface area contributed by atoms with E-state index in [1.807, 2.05) is 0 Å². The summed E-state index contributed by atoms with van der Waals surface area (Å²) in [4.78, 5) is 84.6. The van der Waals surface area contributed by atoms with Crippen molar-refractivity contribution in [1.82, 2.24) is 9.80 Å². The summed E-state index contributed by atoms with van der Waals surface area (Å²) in [6.45, 7) is -1.86. The minimum absolute atomic E-state index is 0. The Balaban J connectivity index is 0.00000204. The summed E-state index contributed by atoms with van der Waals surface area (Å²) in [7, 11) is 0. The van der Waals surface area contributed by atoms with Crippen LogP contribution in [0.25, 0.3) is 0 Å². The monoisotopic (exact) mass is 448 g/mol. The normalized spacial score (nSPS) is 13.8. The van der Waals surface area contributed by atoms with Crippen molar-refractivity contribution < 1.29 is 81.5 Å². The molecule has 2 aliphatic rings. The first kappa shape index (κ1) is 26.8. The third kappa shape index (κ3) is 4.34. The van der Waals surface area contributed by atoms with Gasteiger partial charge in [0.15, 0.2) is 5.78 Å². The molecule has 0 fully saturated rings. The summed E-state index contributed by atoms with van der Waals surface area (Å²) in [5.74, 6) is -7.34. The van der Waals surface area contributed by atoms with Gasteiger partial charge in [-0.25, -0.2) is 0 Å². The van der Waals surface area contributed by atoms with Crippen molar-refractivity contribution in [3.63, 3.8) is 0 Å². The summed E-state index contributed by atoms with van der Waals surface area (Å²) >= 11 is 0. The number of carbonyl (C=O) groups excluding carboxylic acids is 7. The van der Waals surface area contributed by atoms with Gasteiger partial charge in [-0.3, -0.25) is 33.8 Å². The van der Waals surface area contributed by atoms with Gasteiger partial charge in [-0.1, -0.05) is 12.1 Å². The molecule has 0 spiro atoms. The van der Waals surface area contributed by atoms with E-state index < -0.39 is 54.4 Å². The van der Waals surface area contributed by atoms with Crippen LogP contribution in [0, 0.1) is 0 Å². The van der Waals surface area contributed by atoms with Gasteiger partial charge in [0.25, 0.3) is 23.6 Å². The Morgan fingerprint density at radius 1 is 0.588 bits per heavy atom. The van der Waals surface area contributed by atoms with Gasteiger partial charge in [0, 0.05) is 11.1 Å². The van der Waals surface area contributed by atoms with Crippen molar-refractivity contribution in [1.29, 1.82) is 0 Å². The van der Waals surface area contributed by atoms with Gasteiger partial charge in [0.1, 0.15) is 0 Å². The first-order valence-corrected chi connectivity index (χ1v) is 9.05. The quantitative estimate of drug-likeness (QED) is 0.236. The number of ketones is 1. The number of fused-ring (bicyclic) bond motifs is 2. The van der Waals surface area contributed by atoms with Gasteiger partial charge in [0.2, 0.25) is 0 Å². The van der Waals surface area contributed by atoms with Crippen LogP contribution in [0.5, 0.6) is 0 Å². The fraction of sp³-hybridized carbons (Fsp3) is 0.0952. The number of rotatable bonds is 6. The predicted molar refractivity (Wildman–Crippen MR) is 97.1 cm³/mol. The number of carboxylic acids is 2. The number of nitrogens with zero attached hydrogens (tertiary/aromatic N) is 2. The van der Waals surface area contributed by atoms with E-state index in [-0.39, 0.29) is 71.1 Å². The molecule has 0 atom stereocenters. The summed E-state index contributed by atoms with van der Waals surface area (Å²) in [5.41, 5.74) is -0.503. The van der Waals surface area contributed by atoms with E-state index in [1.165, 1.54) is 24.3 Å². The van der Waals surface area contributed by atoms with Crippen LogP contribution in [0.2, 0.25) is 0 Å². The van der Waals surface area contributed by atoms with Crippen molar-refractivity contribution in [3.05, 3.63) is 69.8 Å². The van der Waals surface area contributed by atoms with Crippen molar-refractivity contribution >= 4 is 41.4 Å². The maximum absolute atomic E-state index is 12.9. The zero-order valence-electron chi connectivity index (χ0n) is 17.9. The Labute approximate surface area is 215 Å². The molecule has 4 rings (SSSR count). The molecule has 4 amide bonds. The fourth-order valence-corrected chi connectivity index (χ4v) is 3.58. The number of imide groups is 2. The minimum atomic E-state index is -1.62. The molecule has 0 aromatic heterocycles. The first-order valence-electron chi connectivity index (χ1n) is 9.05. The number of carboxylic acid groups (broad SMARTS) is 2. The Hall–Kier alpha value is -3.48. The average molecular weight is 448 g/mol. The largest absolute Gasteiger partial charge is 1.00 e. The first-order chi connectivity index (χ1) is 15.1. The zero-order valence-corrected chi connectivity index (χ0v) is 17.9. The molecule has 34 heavy (non-hydrogen) atoms. The molecule has 0 saturated heterocycles. The van der Waals surface area contributed by atoms with Gasteiger partial charge in [0.05, 0.1) is 47.3 Å². The number of aliphatic carboxylic acids is 2. The van der Waals surface area contributed by atoms with E-state index in [9.17, 15) is 43.8 Å². The Kier molecular flexibility index (Phi) is 7.71. The molecule has 0 radical (unpaired) electrons. The van der Waals surface area contributed by atoms with E-state index in [0.29, 0.717) is 9.80 Å². The molecule has 0 N–H and O–H groups in total. The number of hydrogen-bond donors (Lipinski definition) is 0. The van der Waals surface area contributed by atoms with Crippen LogP contribution in [0.1, 0.15) is 57.4 Å². The fourth-order valence-electron chi connectivity index (χ4n) is 3.58. The molecule has 2 aliphatic heterocycles. The van der Waals surface area contributed by atoms with E-state index in [2.05, 4.69) is 0 Å². The molecule has 2 heterocycles. The SMILES string of the molecule is O=C([O-])CN1C(=O)c2ccc(C(=O)c3ccc4c(c3)C(=O)N(CC(=O)[O-])C4=O)cc2C1=O.[Li+].[Li+]. The molecule has 2 aromatic carbocycles. The molecule has 0 bridgehead atoms. The summed E-state index contributed by atoms with van der Waals surface area (Å²) in [6, 6.07) is 7.21. The molecule has 0 saturated carbocycles. The molecular weight excluding hydrogens is 438 g/mol. The van der Waals surface area contributed by atoms with Gasteiger partial charge >= 0.3 is 37.7 Å². The van der Waals surface area contributed by atoms with Crippen molar-refractivity contribution in [2.24, 2.45) is 0 Å². The van der Waals surface area contributed by atoms with E-state index in [4.69, 9.17) is 0 Å². The van der Waals surface area contributed by atoms with Crippen LogP contribution in [-0.2, 0) is 9.59 Å². The van der Waals surface area contributed by atoms with Crippen LogP contribution in [-0.4, -0.2) is 64.2 Å². The summed E-state index contributed by atoms with van der Waals surface area (Å²) in [6.07, 6.45) is 0.